The summed E-state index contributed by atoms with van der Waals surface area (Å²) in [6, 6.07) is 10.8. The van der Waals surface area contributed by atoms with Gasteiger partial charge in [0, 0.05) is 50.7 Å². The predicted molar refractivity (Wildman–Crippen MR) is 115 cm³/mol. The molecule has 2 N–H and O–H groups in total. The molecule has 1 aromatic carbocycles. The van der Waals surface area contributed by atoms with Gasteiger partial charge in [-0.2, -0.15) is 5.10 Å². The highest BCUT2D eigenvalue weighted by Gasteiger charge is 2.29. The first-order valence-electron chi connectivity index (χ1n) is 10.4. The molecule has 0 aliphatic carbocycles. The second kappa shape index (κ2) is 9.73. The van der Waals surface area contributed by atoms with E-state index >= 15 is 0 Å². The molecule has 2 heterocycles. The van der Waals surface area contributed by atoms with E-state index in [-0.39, 0.29) is 5.54 Å². The Morgan fingerprint density at radius 1 is 1.18 bits per heavy atom. The number of nitrogens with zero attached hydrogens (tertiary/aromatic N) is 4. The normalized spacial score (nSPS) is 15.3. The van der Waals surface area contributed by atoms with Crippen molar-refractivity contribution in [2.24, 2.45) is 4.99 Å². The fraction of sp³-hybridized carbons (Fsp3) is 0.545. The fourth-order valence-corrected chi connectivity index (χ4v) is 3.61. The van der Waals surface area contributed by atoms with Gasteiger partial charge in [-0.25, -0.2) is 0 Å². The molecular formula is C22H34N6. The van der Waals surface area contributed by atoms with Gasteiger partial charge in [-0.3, -0.25) is 14.6 Å². The van der Waals surface area contributed by atoms with Gasteiger partial charge in [-0.05, 0) is 50.8 Å². The molecule has 6 heteroatoms. The van der Waals surface area contributed by atoms with Crippen LogP contribution < -0.4 is 10.6 Å². The highest BCUT2D eigenvalue weighted by molar-refractivity contribution is 5.79. The number of aromatic nitrogens is 2. The summed E-state index contributed by atoms with van der Waals surface area (Å²) in [6.07, 6.45) is 5.95. The maximum absolute atomic E-state index is 4.88. The lowest BCUT2D eigenvalue weighted by atomic mass is 9.94. The summed E-state index contributed by atoms with van der Waals surface area (Å²) in [4.78, 5) is 7.44. The topological polar surface area (TPSA) is 57.5 Å². The second-order valence-corrected chi connectivity index (χ2v) is 8.00. The molecule has 0 radical (unpaired) electrons. The van der Waals surface area contributed by atoms with Crippen LogP contribution in [0.1, 0.15) is 38.3 Å². The molecule has 28 heavy (non-hydrogen) atoms. The zero-order valence-electron chi connectivity index (χ0n) is 17.5. The van der Waals surface area contributed by atoms with E-state index in [4.69, 9.17) is 4.99 Å². The van der Waals surface area contributed by atoms with Gasteiger partial charge >= 0.3 is 0 Å². The number of aliphatic imine (C=N–C) groups is 1. The van der Waals surface area contributed by atoms with Crippen LogP contribution in [-0.4, -0.2) is 52.4 Å². The van der Waals surface area contributed by atoms with Crippen LogP contribution in [0.25, 0.3) is 0 Å². The number of hydrogen-bond donors (Lipinski definition) is 2. The highest BCUT2D eigenvalue weighted by atomic mass is 15.3. The number of fused-ring (bicyclic) bond motifs is 1. The summed E-state index contributed by atoms with van der Waals surface area (Å²) < 4.78 is 1.96. The van der Waals surface area contributed by atoms with Gasteiger partial charge < -0.3 is 10.6 Å². The van der Waals surface area contributed by atoms with Crippen LogP contribution in [-0.2, 0) is 19.5 Å². The van der Waals surface area contributed by atoms with Crippen molar-refractivity contribution in [2.75, 3.05) is 26.2 Å². The Labute approximate surface area is 169 Å². The summed E-state index contributed by atoms with van der Waals surface area (Å²) >= 11 is 0. The minimum Gasteiger partial charge on any atom is -0.357 e. The quantitative estimate of drug-likeness (QED) is 0.419. The molecule has 0 atom stereocenters. The number of aryl methyl sites for hydroxylation is 1. The lowest BCUT2D eigenvalue weighted by Crippen LogP contribution is -2.49. The van der Waals surface area contributed by atoms with Crippen LogP contribution in [0.3, 0.4) is 0 Å². The summed E-state index contributed by atoms with van der Waals surface area (Å²) in [5, 5.41) is 11.1. The van der Waals surface area contributed by atoms with Gasteiger partial charge in [0.05, 0.1) is 6.54 Å². The van der Waals surface area contributed by atoms with E-state index in [0.717, 1.165) is 58.1 Å². The van der Waals surface area contributed by atoms with Crippen LogP contribution in [0.4, 0.5) is 0 Å². The molecule has 0 spiro atoms. The van der Waals surface area contributed by atoms with E-state index in [1.54, 1.807) is 0 Å². The van der Waals surface area contributed by atoms with Crippen LogP contribution in [0.5, 0.6) is 0 Å². The number of rotatable bonds is 8. The number of benzene rings is 1. The molecule has 152 valence electrons. The standard InChI is InChI=1S/C22H34N6/c1-4-23-21(24-12-7-14-28-15-8-13-26-28)25-18-22(2,3)27-16-11-19-9-5-6-10-20(19)17-27/h5-6,8-10,13,15H,4,7,11-12,14,16-18H2,1-3H3,(H2,23,24,25). The van der Waals surface area contributed by atoms with Crippen molar-refractivity contribution in [1.82, 2.24) is 25.3 Å². The summed E-state index contributed by atoms with van der Waals surface area (Å²) in [6.45, 7) is 12.2. The molecule has 0 unspecified atom stereocenters. The summed E-state index contributed by atoms with van der Waals surface area (Å²) in [5.74, 6) is 0.897. The minimum atomic E-state index is 0.0188. The molecule has 6 nitrogen and oxygen atoms in total. The van der Waals surface area contributed by atoms with Gasteiger partial charge in [0.15, 0.2) is 5.96 Å². The molecular weight excluding hydrogens is 348 g/mol. The monoisotopic (exact) mass is 382 g/mol. The van der Waals surface area contributed by atoms with Gasteiger partial charge in [-0.1, -0.05) is 24.3 Å². The van der Waals surface area contributed by atoms with Crippen LogP contribution >= 0.6 is 0 Å². The second-order valence-electron chi connectivity index (χ2n) is 8.00. The molecule has 0 amide bonds. The number of hydrogen-bond acceptors (Lipinski definition) is 3. The third-order valence-electron chi connectivity index (χ3n) is 5.37. The zero-order chi connectivity index (χ0) is 19.8. The smallest absolute Gasteiger partial charge is 0.191 e. The van der Waals surface area contributed by atoms with Crippen LogP contribution in [0.15, 0.2) is 47.7 Å². The first kappa shape index (κ1) is 20.4. The molecule has 0 bridgehead atoms. The van der Waals surface area contributed by atoms with Crippen molar-refractivity contribution in [2.45, 2.75) is 52.2 Å². The van der Waals surface area contributed by atoms with E-state index in [0.29, 0.717) is 0 Å². The Balaban J connectivity index is 1.52. The van der Waals surface area contributed by atoms with Crippen molar-refractivity contribution in [3.8, 4) is 0 Å². The van der Waals surface area contributed by atoms with Crippen LogP contribution in [0, 0.1) is 0 Å². The Hall–Kier alpha value is -2.34. The Morgan fingerprint density at radius 2 is 2.00 bits per heavy atom. The van der Waals surface area contributed by atoms with Crippen molar-refractivity contribution >= 4 is 5.96 Å². The average Bonchev–Trinajstić information content (AvgIpc) is 3.22. The van der Waals surface area contributed by atoms with E-state index in [2.05, 4.69) is 65.7 Å². The Kier molecular flexibility index (Phi) is 7.09. The van der Waals surface area contributed by atoms with Gasteiger partial charge in [0.1, 0.15) is 0 Å². The fourth-order valence-electron chi connectivity index (χ4n) is 3.61. The summed E-state index contributed by atoms with van der Waals surface area (Å²) in [7, 11) is 0. The van der Waals surface area contributed by atoms with Gasteiger partial charge in [0.25, 0.3) is 0 Å². The average molecular weight is 383 g/mol. The van der Waals surface area contributed by atoms with Crippen molar-refractivity contribution in [1.29, 1.82) is 0 Å². The highest BCUT2D eigenvalue weighted by Crippen LogP contribution is 2.25. The van der Waals surface area contributed by atoms with E-state index in [9.17, 15) is 0 Å². The number of guanidine groups is 1. The number of nitrogens with one attached hydrogen (secondary N) is 2. The first-order valence-corrected chi connectivity index (χ1v) is 10.4. The SMILES string of the molecule is CCNC(=NCC(C)(C)N1CCc2ccccc2C1)NCCCn1cccn1. The molecule has 2 aromatic rings. The summed E-state index contributed by atoms with van der Waals surface area (Å²) in [5.41, 5.74) is 2.96. The molecule has 0 fully saturated rings. The van der Waals surface area contributed by atoms with Crippen molar-refractivity contribution in [3.63, 3.8) is 0 Å². The maximum atomic E-state index is 4.88. The molecule has 3 rings (SSSR count). The van der Waals surface area contributed by atoms with E-state index in [1.807, 2.05) is 23.1 Å². The molecule has 1 aromatic heterocycles. The predicted octanol–water partition coefficient (Wildman–Crippen LogP) is 2.67. The minimum absolute atomic E-state index is 0.0188. The van der Waals surface area contributed by atoms with Gasteiger partial charge in [-0.15, -0.1) is 0 Å². The van der Waals surface area contributed by atoms with Crippen molar-refractivity contribution < 1.29 is 0 Å². The molecule has 0 saturated heterocycles. The zero-order valence-corrected chi connectivity index (χ0v) is 17.5. The Morgan fingerprint density at radius 3 is 2.75 bits per heavy atom. The van der Waals surface area contributed by atoms with Crippen molar-refractivity contribution in [3.05, 3.63) is 53.9 Å². The third kappa shape index (κ3) is 5.58. The van der Waals surface area contributed by atoms with Gasteiger partial charge in [0.2, 0.25) is 0 Å². The third-order valence-corrected chi connectivity index (χ3v) is 5.37. The molecule has 1 aliphatic heterocycles. The molecule has 0 saturated carbocycles. The first-order chi connectivity index (χ1) is 13.6. The largest absolute Gasteiger partial charge is 0.357 e. The van der Waals surface area contributed by atoms with Crippen LogP contribution in [0.2, 0.25) is 0 Å². The molecule has 1 aliphatic rings. The lowest BCUT2D eigenvalue weighted by molar-refractivity contribution is 0.111. The van der Waals surface area contributed by atoms with E-state index < -0.39 is 0 Å². The maximum Gasteiger partial charge on any atom is 0.191 e. The lowest BCUT2D eigenvalue weighted by Gasteiger charge is -2.40. The van der Waals surface area contributed by atoms with E-state index in [1.165, 1.54) is 11.1 Å². The Bertz CT molecular complexity index is 750.